The van der Waals surface area contributed by atoms with Gasteiger partial charge in [-0.05, 0) is 36.8 Å². The standard InChI is InChI=1S/C28H27N3O7/c1-18(2)27(35)37-17-15-29-28(36)38-16-14-19-8-10-21(11-9-19)30-31-24-23(32)13-12-22(26(24)34)25(33)20-6-4-3-5-7-20/h3-13,32,34H,1,14-17H2,2H3,(H,29,36)/b31-30+. The maximum atomic E-state index is 12.7. The summed E-state index contributed by atoms with van der Waals surface area (Å²) in [5.74, 6) is -1.73. The van der Waals surface area contributed by atoms with Gasteiger partial charge in [-0.15, -0.1) is 5.11 Å². The zero-order valence-corrected chi connectivity index (χ0v) is 20.7. The first-order chi connectivity index (χ1) is 18.3. The van der Waals surface area contributed by atoms with Crippen LogP contribution in [0.2, 0.25) is 0 Å². The SMILES string of the molecule is C=C(C)C(=O)OCCNC(=O)OCCc1ccc(/N=N/c2c(O)ccc(C(=O)c3ccccc3)c2O)cc1. The van der Waals surface area contributed by atoms with Gasteiger partial charge < -0.3 is 25.0 Å². The first kappa shape index (κ1) is 27.6. The molecule has 0 saturated carbocycles. The van der Waals surface area contributed by atoms with E-state index in [0.29, 0.717) is 17.7 Å². The van der Waals surface area contributed by atoms with Crippen molar-refractivity contribution in [2.75, 3.05) is 19.8 Å². The molecule has 10 heteroatoms. The molecule has 3 aromatic rings. The molecule has 0 aliphatic carbocycles. The van der Waals surface area contributed by atoms with Crippen LogP contribution in [-0.4, -0.2) is 47.8 Å². The molecule has 0 spiro atoms. The van der Waals surface area contributed by atoms with Gasteiger partial charge in [0.15, 0.2) is 17.2 Å². The molecule has 0 heterocycles. The number of ketones is 1. The maximum absolute atomic E-state index is 12.7. The predicted molar refractivity (Wildman–Crippen MR) is 139 cm³/mol. The molecule has 3 rings (SSSR count). The van der Waals surface area contributed by atoms with E-state index in [9.17, 15) is 24.6 Å². The second-order valence-corrected chi connectivity index (χ2v) is 8.12. The van der Waals surface area contributed by atoms with Gasteiger partial charge in [0.25, 0.3) is 0 Å². The molecule has 0 radical (unpaired) electrons. The monoisotopic (exact) mass is 517 g/mol. The fourth-order valence-electron chi connectivity index (χ4n) is 3.17. The lowest BCUT2D eigenvalue weighted by Crippen LogP contribution is -2.29. The Morgan fingerprint density at radius 1 is 0.895 bits per heavy atom. The molecule has 0 bridgehead atoms. The molecule has 10 nitrogen and oxygen atoms in total. The van der Waals surface area contributed by atoms with Crippen molar-refractivity contribution in [3.05, 3.63) is 95.6 Å². The Bertz CT molecular complexity index is 1340. The van der Waals surface area contributed by atoms with Crippen molar-refractivity contribution >= 4 is 29.2 Å². The normalized spacial score (nSPS) is 10.7. The number of hydrogen-bond donors (Lipinski definition) is 3. The molecular weight excluding hydrogens is 490 g/mol. The second kappa shape index (κ2) is 13.4. The van der Waals surface area contributed by atoms with Crippen LogP contribution in [0.5, 0.6) is 11.5 Å². The van der Waals surface area contributed by atoms with Crippen molar-refractivity contribution in [2.24, 2.45) is 10.2 Å². The van der Waals surface area contributed by atoms with E-state index in [2.05, 4.69) is 22.1 Å². The topological polar surface area (TPSA) is 147 Å². The Hall–Kier alpha value is -4.99. The van der Waals surface area contributed by atoms with Crippen LogP contribution in [0, 0.1) is 0 Å². The zero-order chi connectivity index (χ0) is 27.5. The predicted octanol–water partition coefficient (Wildman–Crippen LogP) is 5.13. The highest BCUT2D eigenvalue weighted by atomic mass is 16.6. The van der Waals surface area contributed by atoms with E-state index < -0.39 is 23.6 Å². The maximum Gasteiger partial charge on any atom is 0.407 e. The summed E-state index contributed by atoms with van der Waals surface area (Å²) >= 11 is 0. The summed E-state index contributed by atoms with van der Waals surface area (Å²) in [6, 6.07) is 17.9. The van der Waals surface area contributed by atoms with Gasteiger partial charge in [0.05, 0.1) is 24.4 Å². The molecule has 196 valence electrons. The summed E-state index contributed by atoms with van der Waals surface area (Å²) in [4.78, 5) is 35.7. The van der Waals surface area contributed by atoms with Crippen molar-refractivity contribution in [1.82, 2.24) is 5.32 Å². The Labute approximate surface area is 219 Å². The van der Waals surface area contributed by atoms with Gasteiger partial charge in [-0.1, -0.05) is 49.0 Å². The van der Waals surface area contributed by atoms with Crippen LogP contribution >= 0.6 is 0 Å². The third-order valence-electron chi connectivity index (χ3n) is 5.19. The number of carbonyl (C=O) groups excluding carboxylic acids is 3. The van der Waals surface area contributed by atoms with Gasteiger partial charge in [0.1, 0.15) is 12.4 Å². The smallest absolute Gasteiger partial charge is 0.407 e. The molecule has 0 saturated heterocycles. The van der Waals surface area contributed by atoms with Gasteiger partial charge >= 0.3 is 12.1 Å². The minimum Gasteiger partial charge on any atom is -0.505 e. The number of rotatable bonds is 11. The molecule has 1 amide bonds. The lowest BCUT2D eigenvalue weighted by molar-refractivity contribution is -0.138. The van der Waals surface area contributed by atoms with Crippen LogP contribution in [0.3, 0.4) is 0 Å². The summed E-state index contributed by atoms with van der Waals surface area (Å²) in [5, 5.41) is 31.2. The highest BCUT2D eigenvalue weighted by molar-refractivity contribution is 6.11. The van der Waals surface area contributed by atoms with Crippen LogP contribution in [0.15, 0.2) is 89.1 Å². The number of azo groups is 1. The van der Waals surface area contributed by atoms with Crippen LogP contribution in [-0.2, 0) is 20.7 Å². The Balaban J connectivity index is 1.52. The molecule has 3 aromatic carbocycles. The number of alkyl carbamates (subject to hydrolysis) is 1. The number of esters is 1. The zero-order valence-electron chi connectivity index (χ0n) is 20.7. The fraction of sp³-hybridized carbons (Fsp3) is 0.179. The summed E-state index contributed by atoms with van der Waals surface area (Å²) in [5.41, 5.74) is 1.75. The Morgan fingerprint density at radius 2 is 1.61 bits per heavy atom. The first-order valence-corrected chi connectivity index (χ1v) is 11.6. The number of phenolic OH excluding ortho intramolecular Hbond substituents is 2. The van der Waals surface area contributed by atoms with E-state index in [0.717, 1.165) is 5.56 Å². The molecule has 0 aliphatic heterocycles. The van der Waals surface area contributed by atoms with E-state index in [1.165, 1.54) is 19.1 Å². The molecule has 0 atom stereocenters. The number of phenols is 2. The Kier molecular flexibility index (Phi) is 9.70. The molecule has 0 aliphatic rings. The average Bonchev–Trinajstić information content (AvgIpc) is 2.92. The average molecular weight is 518 g/mol. The number of aromatic hydroxyl groups is 2. The molecular formula is C28H27N3O7. The van der Waals surface area contributed by atoms with Crippen molar-refractivity contribution in [3.8, 4) is 11.5 Å². The number of amides is 1. The van der Waals surface area contributed by atoms with Crippen LogP contribution in [0.1, 0.15) is 28.4 Å². The minimum absolute atomic E-state index is 0.00443. The van der Waals surface area contributed by atoms with E-state index in [4.69, 9.17) is 9.47 Å². The third-order valence-corrected chi connectivity index (χ3v) is 5.19. The summed E-state index contributed by atoms with van der Waals surface area (Å²) < 4.78 is 9.96. The highest BCUT2D eigenvalue weighted by Gasteiger charge is 2.19. The minimum atomic E-state index is -0.630. The van der Waals surface area contributed by atoms with Gasteiger partial charge in [0, 0.05) is 17.6 Å². The van der Waals surface area contributed by atoms with E-state index in [1.54, 1.807) is 54.6 Å². The van der Waals surface area contributed by atoms with Crippen molar-refractivity contribution in [2.45, 2.75) is 13.3 Å². The van der Waals surface area contributed by atoms with E-state index >= 15 is 0 Å². The highest BCUT2D eigenvalue weighted by Crippen LogP contribution is 2.40. The van der Waals surface area contributed by atoms with Gasteiger partial charge in [-0.2, -0.15) is 5.11 Å². The van der Waals surface area contributed by atoms with Crippen LogP contribution in [0.25, 0.3) is 0 Å². The van der Waals surface area contributed by atoms with Gasteiger partial charge in [0.2, 0.25) is 0 Å². The van der Waals surface area contributed by atoms with E-state index in [-0.39, 0.29) is 42.3 Å². The quantitative estimate of drug-likeness (QED) is 0.105. The largest absolute Gasteiger partial charge is 0.505 e. The molecule has 0 fully saturated rings. The number of carbonyl (C=O) groups is 3. The fourth-order valence-corrected chi connectivity index (χ4v) is 3.17. The molecule has 38 heavy (non-hydrogen) atoms. The number of nitrogens with one attached hydrogen (secondary N) is 1. The number of nitrogens with zero attached hydrogens (tertiary/aromatic N) is 2. The Morgan fingerprint density at radius 3 is 2.29 bits per heavy atom. The summed E-state index contributed by atoms with van der Waals surface area (Å²) in [6.45, 7) is 5.25. The van der Waals surface area contributed by atoms with Gasteiger partial charge in [-0.3, -0.25) is 4.79 Å². The first-order valence-electron chi connectivity index (χ1n) is 11.6. The van der Waals surface area contributed by atoms with Crippen molar-refractivity contribution < 1.29 is 34.1 Å². The molecule has 0 aromatic heterocycles. The summed E-state index contributed by atoms with van der Waals surface area (Å²) in [6.07, 6.45) is -0.185. The van der Waals surface area contributed by atoms with Gasteiger partial charge in [-0.25, -0.2) is 9.59 Å². The van der Waals surface area contributed by atoms with Crippen LogP contribution < -0.4 is 5.32 Å². The number of benzene rings is 3. The second-order valence-electron chi connectivity index (χ2n) is 8.12. The van der Waals surface area contributed by atoms with Crippen molar-refractivity contribution in [3.63, 3.8) is 0 Å². The molecule has 0 unspecified atom stereocenters. The van der Waals surface area contributed by atoms with Crippen LogP contribution in [0.4, 0.5) is 16.2 Å². The third kappa shape index (κ3) is 7.76. The number of ether oxygens (including phenoxy) is 2. The lowest BCUT2D eigenvalue weighted by atomic mass is 10.0. The number of hydrogen-bond acceptors (Lipinski definition) is 9. The summed E-state index contributed by atoms with van der Waals surface area (Å²) in [7, 11) is 0. The molecule has 3 N–H and O–H groups in total. The van der Waals surface area contributed by atoms with E-state index in [1.807, 2.05) is 0 Å². The van der Waals surface area contributed by atoms with Crippen molar-refractivity contribution in [1.29, 1.82) is 0 Å². The lowest BCUT2D eigenvalue weighted by Gasteiger charge is -2.08.